The highest BCUT2D eigenvalue weighted by atomic mass is 35.5. The van der Waals surface area contributed by atoms with E-state index in [0.29, 0.717) is 36.6 Å². The maximum absolute atomic E-state index is 12.4. The summed E-state index contributed by atoms with van der Waals surface area (Å²) in [7, 11) is 0. The van der Waals surface area contributed by atoms with E-state index in [1.807, 2.05) is 0 Å². The standard InChI is InChI=1S/C15H10Cl4N4OS/c1-7(14(24)20-11-4-2-3-9(17)12(11)19)25-15-22-21-13-10(18)5-8(16)6-23(13)15/h2-7H,1H3,(H,20,24). The molecule has 0 fully saturated rings. The molecule has 5 nitrogen and oxygen atoms in total. The van der Waals surface area contributed by atoms with Crippen LogP contribution in [0.15, 0.2) is 35.6 Å². The molecule has 10 heteroatoms. The molecule has 0 aliphatic heterocycles. The van der Waals surface area contributed by atoms with Gasteiger partial charge in [0.1, 0.15) is 0 Å². The maximum atomic E-state index is 12.4. The Labute approximate surface area is 167 Å². The number of fused-ring (bicyclic) bond motifs is 1. The molecule has 0 saturated carbocycles. The van der Waals surface area contributed by atoms with Crippen molar-refractivity contribution in [1.82, 2.24) is 14.6 Å². The Kier molecular flexibility index (Phi) is 5.65. The van der Waals surface area contributed by atoms with E-state index in [4.69, 9.17) is 46.4 Å². The number of nitrogens with zero attached hydrogens (tertiary/aromatic N) is 3. The first-order valence-electron chi connectivity index (χ1n) is 6.98. The zero-order chi connectivity index (χ0) is 18.1. The van der Waals surface area contributed by atoms with E-state index in [-0.39, 0.29) is 5.91 Å². The number of carbonyl (C=O) groups excluding carboxylic acids is 1. The van der Waals surface area contributed by atoms with Crippen molar-refractivity contribution in [2.24, 2.45) is 0 Å². The van der Waals surface area contributed by atoms with Crippen molar-refractivity contribution in [3.8, 4) is 0 Å². The lowest BCUT2D eigenvalue weighted by Crippen LogP contribution is -2.22. The number of rotatable bonds is 4. The third kappa shape index (κ3) is 3.99. The Balaban J connectivity index is 1.79. The molecule has 130 valence electrons. The first-order valence-corrected chi connectivity index (χ1v) is 9.37. The average Bonchev–Trinajstić information content (AvgIpc) is 2.95. The van der Waals surface area contributed by atoms with Crippen LogP contribution < -0.4 is 5.32 Å². The van der Waals surface area contributed by atoms with Crippen molar-refractivity contribution in [3.63, 3.8) is 0 Å². The number of hydrogen-bond donors (Lipinski definition) is 1. The van der Waals surface area contributed by atoms with Gasteiger partial charge in [-0.15, -0.1) is 10.2 Å². The fraction of sp³-hybridized carbons (Fsp3) is 0.133. The number of pyridine rings is 1. The number of benzene rings is 1. The number of amides is 1. The summed E-state index contributed by atoms with van der Waals surface area (Å²) in [5, 5.41) is 12.3. The van der Waals surface area contributed by atoms with Gasteiger partial charge in [-0.25, -0.2) is 0 Å². The highest BCUT2D eigenvalue weighted by Crippen LogP contribution is 2.31. The van der Waals surface area contributed by atoms with Gasteiger partial charge in [0.25, 0.3) is 0 Å². The van der Waals surface area contributed by atoms with Gasteiger partial charge in [-0.05, 0) is 25.1 Å². The summed E-state index contributed by atoms with van der Waals surface area (Å²) in [6, 6.07) is 6.61. The summed E-state index contributed by atoms with van der Waals surface area (Å²) in [5.74, 6) is -0.251. The lowest BCUT2D eigenvalue weighted by Gasteiger charge is -2.12. The minimum Gasteiger partial charge on any atom is -0.324 e. The van der Waals surface area contributed by atoms with E-state index < -0.39 is 5.25 Å². The van der Waals surface area contributed by atoms with Crippen LogP contribution in [0.3, 0.4) is 0 Å². The minimum absolute atomic E-state index is 0.251. The molecule has 1 unspecified atom stereocenters. The molecule has 3 rings (SSSR count). The molecule has 0 aliphatic rings. The lowest BCUT2D eigenvalue weighted by molar-refractivity contribution is -0.115. The van der Waals surface area contributed by atoms with Crippen molar-refractivity contribution < 1.29 is 4.79 Å². The fourth-order valence-electron chi connectivity index (χ4n) is 2.03. The number of halogens is 4. The summed E-state index contributed by atoms with van der Waals surface area (Å²) < 4.78 is 1.64. The van der Waals surface area contributed by atoms with E-state index >= 15 is 0 Å². The van der Waals surface area contributed by atoms with Crippen LogP contribution in [0.4, 0.5) is 5.69 Å². The van der Waals surface area contributed by atoms with Crippen molar-refractivity contribution in [1.29, 1.82) is 0 Å². The highest BCUT2D eigenvalue weighted by molar-refractivity contribution is 8.00. The molecule has 1 aromatic carbocycles. The quantitative estimate of drug-likeness (QED) is 0.552. The number of aromatic nitrogens is 3. The van der Waals surface area contributed by atoms with Crippen LogP contribution in [0, 0.1) is 0 Å². The zero-order valence-corrected chi connectivity index (χ0v) is 16.5. The second-order valence-corrected chi connectivity index (χ2v) is 7.97. The number of hydrogen-bond acceptors (Lipinski definition) is 4. The fourth-order valence-corrected chi connectivity index (χ4v) is 3.71. The molecule has 3 aromatic rings. The summed E-state index contributed by atoms with van der Waals surface area (Å²) in [4.78, 5) is 12.4. The second kappa shape index (κ2) is 7.60. The van der Waals surface area contributed by atoms with E-state index in [1.165, 1.54) is 11.8 Å². The Bertz CT molecular complexity index is 962. The molecule has 2 heterocycles. The maximum Gasteiger partial charge on any atom is 0.237 e. The Morgan fingerprint density at radius 1 is 1.20 bits per heavy atom. The average molecular weight is 436 g/mol. The van der Waals surface area contributed by atoms with Crippen LogP contribution in [-0.2, 0) is 4.79 Å². The van der Waals surface area contributed by atoms with Gasteiger partial charge in [0.05, 0.1) is 31.0 Å². The summed E-state index contributed by atoms with van der Waals surface area (Å²) in [6.07, 6.45) is 1.64. The van der Waals surface area contributed by atoms with Crippen LogP contribution in [-0.4, -0.2) is 25.8 Å². The first-order chi connectivity index (χ1) is 11.9. The first kappa shape index (κ1) is 18.6. The third-order valence-corrected chi connectivity index (χ3v) is 5.62. The predicted molar refractivity (Wildman–Crippen MR) is 103 cm³/mol. The van der Waals surface area contributed by atoms with E-state index in [9.17, 15) is 4.79 Å². The summed E-state index contributed by atoms with van der Waals surface area (Å²) in [6.45, 7) is 1.74. The van der Waals surface area contributed by atoms with Crippen LogP contribution in [0.2, 0.25) is 20.1 Å². The molecule has 0 radical (unpaired) electrons. The van der Waals surface area contributed by atoms with Crippen LogP contribution in [0.25, 0.3) is 5.65 Å². The van der Waals surface area contributed by atoms with Gasteiger partial charge in [0.15, 0.2) is 10.8 Å². The molecule has 0 saturated heterocycles. The van der Waals surface area contributed by atoms with Crippen LogP contribution in [0.1, 0.15) is 6.92 Å². The molecule has 25 heavy (non-hydrogen) atoms. The zero-order valence-electron chi connectivity index (χ0n) is 12.6. The van der Waals surface area contributed by atoms with Gasteiger partial charge >= 0.3 is 0 Å². The van der Waals surface area contributed by atoms with E-state index in [0.717, 1.165) is 0 Å². The predicted octanol–water partition coefficient (Wildman–Crippen LogP) is 5.46. The molecular weight excluding hydrogens is 426 g/mol. The van der Waals surface area contributed by atoms with E-state index in [1.54, 1.807) is 41.8 Å². The smallest absolute Gasteiger partial charge is 0.237 e. The second-order valence-electron chi connectivity index (χ2n) is 5.03. The van der Waals surface area contributed by atoms with Crippen LogP contribution in [0.5, 0.6) is 0 Å². The molecule has 0 aliphatic carbocycles. The Morgan fingerprint density at radius 2 is 1.96 bits per heavy atom. The molecule has 0 spiro atoms. The topological polar surface area (TPSA) is 59.3 Å². The number of thioether (sulfide) groups is 1. The normalized spacial score (nSPS) is 12.4. The highest BCUT2D eigenvalue weighted by Gasteiger charge is 2.20. The summed E-state index contributed by atoms with van der Waals surface area (Å²) >= 11 is 25.4. The number of carbonyl (C=O) groups is 1. The number of nitrogens with one attached hydrogen (secondary N) is 1. The van der Waals surface area contributed by atoms with Crippen LogP contribution >= 0.6 is 58.2 Å². The monoisotopic (exact) mass is 434 g/mol. The Morgan fingerprint density at radius 3 is 2.72 bits per heavy atom. The SMILES string of the molecule is CC(Sc1nnc2c(Cl)cc(Cl)cn12)C(=O)Nc1cccc(Cl)c1Cl. The molecule has 1 N–H and O–H groups in total. The lowest BCUT2D eigenvalue weighted by atomic mass is 10.3. The number of anilines is 1. The molecule has 1 atom stereocenters. The van der Waals surface area contributed by atoms with Gasteiger partial charge in [0, 0.05) is 6.20 Å². The molecular formula is C15H10Cl4N4OS. The van der Waals surface area contributed by atoms with E-state index in [2.05, 4.69) is 15.5 Å². The van der Waals surface area contributed by atoms with Crippen molar-refractivity contribution in [3.05, 3.63) is 50.6 Å². The minimum atomic E-state index is -0.472. The van der Waals surface area contributed by atoms with Gasteiger partial charge in [-0.2, -0.15) is 0 Å². The Hall–Kier alpha value is -1.18. The van der Waals surface area contributed by atoms with Crippen molar-refractivity contribution in [2.45, 2.75) is 17.3 Å². The summed E-state index contributed by atoms with van der Waals surface area (Å²) in [5.41, 5.74) is 0.919. The van der Waals surface area contributed by atoms with Gasteiger partial charge in [0.2, 0.25) is 5.91 Å². The molecule has 1 amide bonds. The van der Waals surface area contributed by atoms with Crippen molar-refractivity contribution in [2.75, 3.05) is 5.32 Å². The van der Waals surface area contributed by atoms with Gasteiger partial charge in [-0.3, -0.25) is 9.20 Å². The third-order valence-electron chi connectivity index (χ3n) is 3.26. The molecule has 0 bridgehead atoms. The van der Waals surface area contributed by atoms with Gasteiger partial charge in [-0.1, -0.05) is 64.2 Å². The largest absolute Gasteiger partial charge is 0.324 e. The molecule has 2 aromatic heterocycles. The van der Waals surface area contributed by atoms with Crippen molar-refractivity contribution >= 4 is 75.4 Å². The van der Waals surface area contributed by atoms with Gasteiger partial charge < -0.3 is 5.32 Å².